The first kappa shape index (κ1) is 26.5. The van der Waals surface area contributed by atoms with Crippen LogP contribution in [0.4, 0.5) is 0 Å². The number of hydrogen-bond acceptors (Lipinski definition) is 8. The average molecular weight is 545 g/mol. The molecular weight excluding hydrogens is 519 g/mol. The molecule has 0 saturated heterocycles. The first-order chi connectivity index (χ1) is 17.7. The van der Waals surface area contributed by atoms with Crippen LogP contribution < -0.4 is 29.0 Å². The Morgan fingerprint density at radius 3 is 1.97 bits per heavy atom. The Kier molecular flexibility index (Phi) is 7.47. The third-order valence-electron chi connectivity index (χ3n) is 5.81. The Morgan fingerprint density at radius 2 is 1.43 bits per heavy atom. The average Bonchev–Trinajstić information content (AvgIpc) is 3.29. The van der Waals surface area contributed by atoms with E-state index in [0.717, 1.165) is 4.70 Å². The number of ether oxygens (including phenoxy) is 5. The van der Waals surface area contributed by atoms with Gasteiger partial charge in [0.1, 0.15) is 16.8 Å². The predicted octanol–water partition coefficient (Wildman–Crippen LogP) is 4.65. The predicted molar refractivity (Wildman–Crippen MR) is 142 cm³/mol. The molecule has 2 N–H and O–H groups in total. The first-order valence-electron chi connectivity index (χ1n) is 10.9. The van der Waals surface area contributed by atoms with Gasteiger partial charge in [-0.2, -0.15) is 0 Å². The molecule has 0 aliphatic heterocycles. The molecular formula is C26H25O9PS. The molecule has 0 atom stereocenters. The topological polar surface area (TPSA) is 121 Å². The van der Waals surface area contributed by atoms with Crippen molar-refractivity contribution in [3.63, 3.8) is 0 Å². The van der Waals surface area contributed by atoms with E-state index in [0.29, 0.717) is 44.4 Å². The fourth-order valence-electron chi connectivity index (χ4n) is 4.05. The van der Waals surface area contributed by atoms with E-state index in [-0.39, 0.29) is 22.4 Å². The maximum absolute atomic E-state index is 14.1. The maximum Gasteiger partial charge on any atom is 0.359 e. The smallest absolute Gasteiger partial charge is 0.359 e. The summed E-state index contributed by atoms with van der Waals surface area (Å²) >= 11 is 1.31. The van der Waals surface area contributed by atoms with Crippen molar-refractivity contribution < 1.29 is 42.8 Å². The summed E-state index contributed by atoms with van der Waals surface area (Å²) in [5, 5.41) is 0.391. The number of benzene rings is 3. The van der Waals surface area contributed by atoms with Gasteiger partial charge in [-0.1, -0.05) is 0 Å². The fourth-order valence-corrected chi connectivity index (χ4v) is 6.03. The van der Waals surface area contributed by atoms with E-state index >= 15 is 0 Å². The largest absolute Gasteiger partial charge is 0.497 e. The molecule has 0 fully saturated rings. The van der Waals surface area contributed by atoms with Crippen LogP contribution in [0.2, 0.25) is 0 Å². The minimum Gasteiger partial charge on any atom is -0.497 e. The third-order valence-corrected chi connectivity index (χ3v) is 7.98. The second-order valence-corrected chi connectivity index (χ2v) is 10.5. The van der Waals surface area contributed by atoms with Crippen molar-refractivity contribution in [1.82, 2.24) is 0 Å². The number of carbonyl (C=O) groups excluding carboxylic acids is 1. The Labute approximate surface area is 217 Å². The monoisotopic (exact) mass is 544 g/mol. The summed E-state index contributed by atoms with van der Waals surface area (Å²) in [5.74, 6) is 1.32. The normalized spacial score (nSPS) is 11.3. The molecule has 0 spiro atoms. The van der Waals surface area contributed by atoms with Gasteiger partial charge in [0, 0.05) is 26.1 Å². The number of ketones is 1. The van der Waals surface area contributed by atoms with Gasteiger partial charge in [-0.05, 0) is 54.1 Å². The van der Waals surface area contributed by atoms with Gasteiger partial charge in [0.2, 0.25) is 5.75 Å². The molecule has 0 radical (unpaired) electrons. The molecule has 37 heavy (non-hydrogen) atoms. The number of carbonyl (C=O) groups is 1. The summed E-state index contributed by atoms with van der Waals surface area (Å²) in [4.78, 5) is 34.4. The Bertz CT molecular complexity index is 1510. The highest BCUT2D eigenvalue weighted by atomic mass is 32.1. The van der Waals surface area contributed by atoms with E-state index in [2.05, 4.69) is 0 Å². The molecule has 4 rings (SSSR count). The highest BCUT2D eigenvalue weighted by Crippen LogP contribution is 2.45. The van der Waals surface area contributed by atoms with Crippen molar-refractivity contribution in [2.24, 2.45) is 0 Å². The van der Waals surface area contributed by atoms with Crippen LogP contribution in [0.1, 0.15) is 15.9 Å². The van der Waals surface area contributed by atoms with Crippen LogP contribution >= 0.6 is 18.9 Å². The number of methoxy groups -OCH3 is 5. The van der Waals surface area contributed by atoms with Crippen LogP contribution in [-0.4, -0.2) is 51.1 Å². The lowest BCUT2D eigenvalue weighted by atomic mass is 9.97. The summed E-state index contributed by atoms with van der Waals surface area (Å²) in [5.41, 5.74) is 1.10. The summed E-state index contributed by atoms with van der Waals surface area (Å²) < 4.78 is 39.7. The zero-order valence-electron chi connectivity index (χ0n) is 20.7. The molecule has 194 valence electrons. The van der Waals surface area contributed by atoms with Crippen molar-refractivity contribution >= 4 is 40.1 Å². The summed E-state index contributed by atoms with van der Waals surface area (Å²) in [6.07, 6.45) is 0. The molecule has 0 unspecified atom stereocenters. The molecule has 0 aliphatic rings. The first-order valence-corrected chi connectivity index (χ1v) is 13.3. The van der Waals surface area contributed by atoms with E-state index in [1.165, 1.54) is 51.9 Å². The van der Waals surface area contributed by atoms with Crippen molar-refractivity contribution in [1.29, 1.82) is 0 Å². The Hall–Kier alpha value is -3.56. The lowest BCUT2D eigenvalue weighted by molar-refractivity contribution is 0.104. The lowest BCUT2D eigenvalue weighted by Crippen LogP contribution is -2.09. The standard InChI is InChI=1S/C26H25O9PS/c1-31-16-7-8-17-22(13-16)37-26(14-6-9-18(32-2)21(12-14)36(28,29)30)23(17)24(27)15-10-19(33-3)25(35-5)20(11-15)34-4/h6-13H,1-5H3,(H2,28,29,30). The van der Waals surface area contributed by atoms with Crippen molar-refractivity contribution in [3.05, 3.63) is 59.7 Å². The second kappa shape index (κ2) is 10.4. The Balaban J connectivity index is 2.01. The molecule has 3 aromatic carbocycles. The Morgan fingerprint density at radius 1 is 0.784 bits per heavy atom. The number of hydrogen-bond donors (Lipinski definition) is 2. The van der Waals surface area contributed by atoms with Gasteiger partial charge < -0.3 is 33.5 Å². The molecule has 0 bridgehead atoms. The van der Waals surface area contributed by atoms with Crippen LogP contribution in [-0.2, 0) is 4.57 Å². The SMILES string of the molecule is COc1ccc2c(C(=O)c3cc(OC)c(OC)c(OC)c3)c(-c3ccc(OC)c(P(=O)(O)O)c3)sc2c1. The second-order valence-electron chi connectivity index (χ2n) is 7.84. The molecule has 0 amide bonds. The fraction of sp³-hybridized carbons (Fsp3) is 0.192. The molecule has 0 saturated carbocycles. The summed E-state index contributed by atoms with van der Waals surface area (Å²) in [6, 6.07) is 13.0. The van der Waals surface area contributed by atoms with Crippen LogP contribution in [0, 0.1) is 0 Å². The zero-order chi connectivity index (χ0) is 26.9. The molecule has 1 heterocycles. The van der Waals surface area contributed by atoms with Crippen LogP contribution in [0.5, 0.6) is 28.7 Å². The van der Waals surface area contributed by atoms with Gasteiger partial charge in [0.05, 0.1) is 35.5 Å². The minimum atomic E-state index is -4.67. The van der Waals surface area contributed by atoms with Gasteiger partial charge in [0.25, 0.3) is 0 Å². The quantitative estimate of drug-likeness (QED) is 0.229. The lowest BCUT2D eigenvalue weighted by Gasteiger charge is -2.14. The third kappa shape index (κ3) is 4.89. The van der Waals surface area contributed by atoms with Gasteiger partial charge >= 0.3 is 7.60 Å². The van der Waals surface area contributed by atoms with Gasteiger partial charge in [0.15, 0.2) is 17.3 Å². The van der Waals surface area contributed by atoms with Gasteiger partial charge in [-0.15, -0.1) is 11.3 Å². The summed E-state index contributed by atoms with van der Waals surface area (Å²) in [7, 11) is 2.61. The molecule has 4 aromatic rings. The molecule has 0 aliphatic carbocycles. The number of fused-ring (bicyclic) bond motifs is 1. The van der Waals surface area contributed by atoms with Crippen LogP contribution in [0.15, 0.2) is 48.5 Å². The zero-order valence-corrected chi connectivity index (χ0v) is 22.4. The molecule has 9 nitrogen and oxygen atoms in total. The highest BCUT2D eigenvalue weighted by molar-refractivity contribution is 7.60. The minimum absolute atomic E-state index is 0.0531. The van der Waals surface area contributed by atoms with Crippen molar-refractivity contribution in [2.75, 3.05) is 35.5 Å². The van der Waals surface area contributed by atoms with E-state index in [9.17, 15) is 19.1 Å². The van der Waals surface area contributed by atoms with Crippen LogP contribution in [0.25, 0.3) is 20.5 Å². The molecule has 11 heteroatoms. The highest BCUT2D eigenvalue weighted by Gasteiger charge is 2.28. The van der Waals surface area contributed by atoms with Crippen molar-refractivity contribution in [2.45, 2.75) is 0 Å². The van der Waals surface area contributed by atoms with E-state index in [1.807, 2.05) is 6.07 Å². The molecule has 1 aromatic heterocycles. The van der Waals surface area contributed by atoms with Gasteiger partial charge in [-0.25, -0.2) is 0 Å². The number of rotatable bonds is 9. The van der Waals surface area contributed by atoms with Gasteiger partial charge in [-0.3, -0.25) is 9.36 Å². The maximum atomic E-state index is 14.1. The van der Waals surface area contributed by atoms with E-state index < -0.39 is 7.60 Å². The van der Waals surface area contributed by atoms with Crippen molar-refractivity contribution in [3.8, 4) is 39.2 Å². The van der Waals surface area contributed by atoms with Crippen LogP contribution in [0.3, 0.4) is 0 Å². The number of thiophene rings is 1. The van der Waals surface area contributed by atoms with E-state index in [4.69, 9.17) is 23.7 Å². The summed E-state index contributed by atoms with van der Waals surface area (Å²) in [6.45, 7) is 0. The van der Waals surface area contributed by atoms with E-state index in [1.54, 1.807) is 37.4 Å².